The van der Waals surface area contributed by atoms with Crippen molar-refractivity contribution in [2.75, 3.05) is 0 Å². The summed E-state index contributed by atoms with van der Waals surface area (Å²) in [4.78, 5) is 35.7. The van der Waals surface area contributed by atoms with Crippen LogP contribution in [0, 0.1) is 0 Å². The predicted octanol–water partition coefficient (Wildman–Crippen LogP) is 1.11. The van der Waals surface area contributed by atoms with E-state index in [-0.39, 0.29) is 24.5 Å². The highest BCUT2D eigenvalue weighted by Crippen LogP contribution is 2.12. The fourth-order valence-corrected chi connectivity index (χ4v) is 1.69. The molecule has 0 bridgehead atoms. The van der Waals surface area contributed by atoms with Crippen molar-refractivity contribution in [1.29, 1.82) is 0 Å². The van der Waals surface area contributed by atoms with Crippen LogP contribution in [-0.4, -0.2) is 16.7 Å². The molecule has 100 valence electrons. The highest BCUT2D eigenvalue weighted by molar-refractivity contribution is 5.83. The first-order valence-electron chi connectivity index (χ1n) is 5.92. The van der Waals surface area contributed by atoms with Crippen molar-refractivity contribution >= 4 is 22.8 Å². The third-order valence-corrected chi connectivity index (χ3v) is 2.68. The molecule has 2 rings (SSSR count). The Balaban J connectivity index is 1.95. The average molecular weight is 262 g/mol. The van der Waals surface area contributed by atoms with Crippen LogP contribution in [0.3, 0.4) is 0 Å². The van der Waals surface area contributed by atoms with Gasteiger partial charge in [0.25, 0.3) is 0 Å². The SMILES string of the molecule is CC(=O)CCC(=O)NCc1ccc2oc(=O)[nH]c2c1. The molecule has 6 heteroatoms. The first kappa shape index (κ1) is 13.1. The fraction of sp³-hybridized carbons (Fsp3) is 0.308. The molecule has 1 amide bonds. The van der Waals surface area contributed by atoms with Crippen molar-refractivity contribution in [3.8, 4) is 0 Å². The third-order valence-electron chi connectivity index (χ3n) is 2.68. The number of aromatic amines is 1. The number of carbonyl (C=O) groups excluding carboxylic acids is 2. The van der Waals surface area contributed by atoms with E-state index in [4.69, 9.17) is 4.42 Å². The Morgan fingerprint density at radius 3 is 2.84 bits per heavy atom. The van der Waals surface area contributed by atoms with Gasteiger partial charge in [-0.05, 0) is 24.6 Å². The highest BCUT2D eigenvalue weighted by atomic mass is 16.4. The van der Waals surface area contributed by atoms with Crippen molar-refractivity contribution in [1.82, 2.24) is 10.3 Å². The maximum Gasteiger partial charge on any atom is 0.417 e. The normalized spacial score (nSPS) is 10.6. The molecule has 1 aromatic heterocycles. The summed E-state index contributed by atoms with van der Waals surface area (Å²) in [5.41, 5.74) is 1.93. The van der Waals surface area contributed by atoms with Crippen LogP contribution in [0.5, 0.6) is 0 Å². The topological polar surface area (TPSA) is 92.2 Å². The highest BCUT2D eigenvalue weighted by Gasteiger charge is 2.05. The van der Waals surface area contributed by atoms with E-state index in [0.717, 1.165) is 5.56 Å². The second-order valence-electron chi connectivity index (χ2n) is 4.32. The molecule has 6 nitrogen and oxygen atoms in total. The zero-order valence-electron chi connectivity index (χ0n) is 10.5. The van der Waals surface area contributed by atoms with Gasteiger partial charge >= 0.3 is 5.76 Å². The van der Waals surface area contributed by atoms with Crippen LogP contribution < -0.4 is 11.1 Å². The van der Waals surface area contributed by atoms with Crippen molar-refractivity contribution in [2.45, 2.75) is 26.3 Å². The Bertz CT molecular complexity index is 669. The number of nitrogens with one attached hydrogen (secondary N) is 2. The molecule has 19 heavy (non-hydrogen) atoms. The van der Waals surface area contributed by atoms with Crippen LogP contribution in [0.1, 0.15) is 25.3 Å². The lowest BCUT2D eigenvalue weighted by Crippen LogP contribution is -2.22. The van der Waals surface area contributed by atoms with E-state index in [1.54, 1.807) is 18.2 Å². The summed E-state index contributed by atoms with van der Waals surface area (Å²) in [5, 5.41) is 2.71. The van der Waals surface area contributed by atoms with Crippen LogP contribution in [0.25, 0.3) is 11.1 Å². The van der Waals surface area contributed by atoms with Gasteiger partial charge in [0, 0.05) is 19.4 Å². The van der Waals surface area contributed by atoms with Crippen LogP contribution in [0.15, 0.2) is 27.4 Å². The van der Waals surface area contributed by atoms with Crippen LogP contribution >= 0.6 is 0 Å². The van der Waals surface area contributed by atoms with Crippen molar-refractivity contribution in [3.05, 3.63) is 34.3 Å². The zero-order valence-corrected chi connectivity index (χ0v) is 10.5. The van der Waals surface area contributed by atoms with Gasteiger partial charge < -0.3 is 14.5 Å². The van der Waals surface area contributed by atoms with Crippen LogP contribution in [0.2, 0.25) is 0 Å². The monoisotopic (exact) mass is 262 g/mol. The number of fused-ring (bicyclic) bond motifs is 1. The number of rotatable bonds is 5. The lowest BCUT2D eigenvalue weighted by atomic mass is 10.2. The third kappa shape index (κ3) is 3.54. The lowest BCUT2D eigenvalue weighted by molar-refractivity contribution is -0.124. The van der Waals surface area contributed by atoms with Gasteiger partial charge in [-0.2, -0.15) is 0 Å². The molecule has 0 saturated carbocycles. The number of carbonyl (C=O) groups is 2. The number of amides is 1. The largest absolute Gasteiger partial charge is 0.417 e. The van der Waals surface area contributed by atoms with E-state index in [9.17, 15) is 14.4 Å². The maximum atomic E-state index is 11.4. The van der Waals surface area contributed by atoms with Gasteiger partial charge in [0.15, 0.2) is 5.58 Å². The Morgan fingerprint density at radius 1 is 1.32 bits per heavy atom. The standard InChI is InChI=1S/C13H14N2O4/c1-8(16)2-5-12(17)14-7-9-3-4-11-10(6-9)15-13(18)19-11/h3-4,6H,2,5,7H2,1H3,(H,14,17)(H,15,18). The summed E-state index contributed by atoms with van der Waals surface area (Å²) in [5.74, 6) is -0.679. The van der Waals surface area contributed by atoms with E-state index < -0.39 is 5.76 Å². The van der Waals surface area contributed by atoms with Gasteiger partial charge in [0.2, 0.25) is 5.91 Å². The molecular weight excluding hydrogens is 248 g/mol. The van der Waals surface area contributed by atoms with Gasteiger partial charge in [0.05, 0.1) is 5.52 Å². The molecule has 2 N–H and O–H groups in total. The molecule has 0 aliphatic carbocycles. The second-order valence-corrected chi connectivity index (χ2v) is 4.32. The molecule has 0 atom stereocenters. The minimum absolute atomic E-state index is 0.00691. The van der Waals surface area contributed by atoms with Crippen molar-refractivity contribution in [2.24, 2.45) is 0 Å². The summed E-state index contributed by atoms with van der Waals surface area (Å²) in [6.07, 6.45) is 0.444. The number of Topliss-reactive ketones (excluding diaryl/α,β-unsaturated/α-hetero) is 1. The Morgan fingerprint density at radius 2 is 2.11 bits per heavy atom. The number of hydrogen-bond donors (Lipinski definition) is 2. The molecule has 2 aromatic rings. The summed E-state index contributed by atoms with van der Waals surface area (Å²) in [7, 11) is 0. The molecule has 0 saturated heterocycles. The number of benzene rings is 1. The number of aromatic nitrogens is 1. The van der Waals surface area contributed by atoms with E-state index in [1.165, 1.54) is 6.92 Å². The first-order chi connectivity index (χ1) is 9.04. The molecule has 0 aliphatic rings. The van der Waals surface area contributed by atoms with E-state index >= 15 is 0 Å². The van der Waals surface area contributed by atoms with E-state index in [0.29, 0.717) is 17.6 Å². The number of ketones is 1. The number of H-pyrrole nitrogens is 1. The molecule has 0 unspecified atom stereocenters. The first-order valence-corrected chi connectivity index (χ1v) is 5.92. The van der Waals surface area contributed by atoms with E-state index in [1.807, 2.05) is 0 Å². The number of hydrogen-bond acceptors (Lipinski definition) is 4. The van der Waals surface area contributed by atoms with Crippen LogP contribution in [-0.2, 0) is 16.1 Å². The molecule has 1 heterocycles. The maximum absolute atomic E-state index is 11.4. The molecule has 0 radical (unpaired) electrons. The predicted molar refractivity (Wildman–Crippen MR) is 68.6 cm³/mol. The van der Waals surface area contributed by atoms with Crippen molar-refractivity contribution < 1.29 is 14.0 Å². The summed E-state index contributed by atoms with van der Waals surface area (Å²) in [6, 6.07) is 5.18. The Labute approximate surface area is 108 Å². The van der Waals surface area contributed by atoms with Crippen molar-refractivity contribution in [3.63, 3.8) is 0 Å². The smallest absolute Gasteiger partial charge is 0.408 e. The summed E-state index contributed by atoms with van der Waals surface area (Å²) in [6.45, 7) is 1.80. The minimum Gasteiger partial charge on any atom is -0.408 e. The lowest BCUT2D eigenvalue weighted by Gasteiger charge is -2.04. The Hall–Kier alpha value is -2.37. The zero-order chi connectivity index (χ0) is 13.8. The molecule has 0 fully saturated rings. The van der Waals surface area contributed by atoms with Gasteiger partial charge in [-0.15, -0.1) is 0 Å². The number of oxazole rings is 1. The van der Waals surface area contributed by atoms with Gasteiger partial charge in [-0.3, -0.25) is 9.78 Å². The van der Waals surface area contributed by atoms with Gasteiger partial charge in [-0.1, -0.05) is 6.07 Å². The molecule has 0 spiro atoms. The quantitative estimate of drug-likeness (QED) is 0.844. The summed E-state index contributed by atoms with van der Waals surface area (Å²) >= 11 is 0. The molecule has 0 aliphatic heterocycles. The van der Waals surface area contributed by atoms with E-state index in [2.05, 4.69) is 10.3 Å². The molecular formula is C13H14N2O4. The van der Waals surface area contributed by atoms with Gasteiger partial charge in [-0.25, -0.2) is 4.79 Å². The average Bonchev–Trinajstić information content (AvgIpc) is 2.73. The van der Waals surface area contributed by atoms with Crippen LogP contribution in [0.4, 0.5) is 0 Å². The summed E-state index contributed by atoms with van der Waals surface area (Å²) < 4.78 is 4.88. The molecule has 1 aromatic carbocycles. The second kappa shape index (κ2) is 5.51. The minimum atomic E-state index is -0.502. The fourth-order valence-electron chi connectivity index (χ4n) is 1.69. The van der Waals surface area contributed by atoms with Gasteiger partial charge in [0.1, 0.15) is 5.78 Å². The Kier molecular flexibility index (Phi) is 3.79.